The van der Waals surface area contributed by atoms with Gasteiger partial charge < -0.3 is 30.5 Å². The van der Waals surface area contributed by atoms with Gasteiger partial charge in [-0.2, -0.15) is 0 Å². The predicted molar refractivity (Wildman–Crippen MR) is 131 cm³/mol. The predicted octanol–water partition coefficient (Wildman–Crippen LogP) is 1.77. The molecular weight excluding hydrogens is 454 g/mol. The lowest BCUT2D eigenvalue weighted by Crippen LogP contribution is -2.55. The molecule has 1 aromatic carbocycles. The summed E-state index contributed by atoms with van der Waals surface area (Å²) in [6.45, 7) is 7.80. The first-order valence-corrected chi connectivity index (χ1v) is 12.0. The molecule has 3 atom stereocenters. The van der Waals surface area contributed by atoms with E-state index in [1.165, 1.54) is 4.90 Å². The molecule has 0 radical (unpaired) electrons. The lowest BCUT2D eigenvalue weighted by Gasteiger charge is -2.37. The number of carboxylic acids is 1. The number of aliphatic carboxylic acids is 1. The molecule has 0 bridgehead atoms. The molecule has 0 saturated heterocycles. The van der Waals surface area contributed by atoms with Gasteiger partial charge in [0.15, 0.2) is 12.2 Å². The molecule has 0 aromatic heterocycles. The SMILES string of the molecule is CCNC(=NCCCC[C@H](N[C@@H](C)C(=O)N1Cc2ccccc2C[C@@H]1OC(=O)O)C(=O)O)NCC. The average molecular weight is 492 g/mol. The third-order valence-corrected chi connectivity index (χ3v) is 5.70. The Labute approximate surface area is 205 Å². The van der Waals surface area contributed by atoms with Gasteiger partial charge >= 0.3 is 12.1 Å². The van der Waals surface area contributed by atoms with Crippen LogP contribution in [0, 0.1) is 0 Å². The number of ether oxygens (including phenoxy) is 1. The molecule has 35 heavy (non-hydrogen) atoms. The number of carboxylic acid groups (broad SMARTS) is 2. The molecule has 0 saturated carbocycles. The van der Waals surface area contributed by atoms with Gasteiger partial charge in [-0.3, -0.25) is 19.9 Å². The number of rotatable bonds is 12. The smallest absolute Gasteiger partial charge is 0.480 e. The molecule has 1 aliphatic rings. The van der Waals surface area contributed by atoms with Crippen molar-refractivity contribution in [2.75, 3.05) is 19.6 Å². The molecule has 0 fully saturated rings. The first kappa shape index (κ1) is 27.9. The minimum absolute atomic E-state index is 0.189. The summed E-state index contributed by atoms with van der Waals surface area (Å²) in [6, 6.07) is 5.70. The van der Waals surface area contributed by atoms with Crippen LogP contribution in [0.15, 0.2) is 29.3 Å². The van der Waals surface area contributed by atoms with Crippen LogP contribution in [0.25, 0.3) is 0 Å². The van der Waals surface area contributed by atoms with Crippen LogP contribution in [0.1, 0.15) is 51.2 Å². The van der Waals surface area contributed by atoms with Crippen molar-refractivity contribution < 1.29 is 29.3 Å². The molecule has 1 amide bonds. The zero-order valence-electron chi connectivity index (χ0n) is 20.6. The normalized spacial score (nSPS) is 16.4. The standard InChI is InChI=1S/C24H37N5O6/c1-4-25-23(26-5-2)27-13-9-8-12-19(22(31)32)28-16(3)21(30)29-15-18-11-7-6-10-17(18)14-20(29)35-24(33)34/h6-7,10-11,16,19-20,28H,4-5,8-9,12-15H2,1-3H3,(H,31,32)(H,33,34)(H2,25,26,27)/t16-,19-,20-/m0/s1. The van der Waals surface area contributed by atoms with Crippen LogP contribution in [0.3, 0.4) is 0 Å². The van der Waals surface area contributed by atoms with Gasteiger partial charge in [0.05, 0.1) is 6.04 Å². The number of aliphatic imine (C=N–C) groups is 1. The highest BCUT2D eigenvalue weighted by Crippen LogP contribution is 2.25. The molecule has 11 nitrogen and oxygen atoms in total. The molecule has 2 rings (SSSR count). The van der Waals surface area contributed by atoms with E-state index >= 15 is 0 Å². The van der Waals surface area contributed by atoms with Crippen LogP contribution in [-0.4, -0.2) is 77.1 Å². The van der Waals surface area contributed by atoms with Crippen molar-refractivity contribution in [3.63, 3.8) is 0 Å². The largest absolute Gasteiger partial charge is 0.507 e. The van der Waals surface area contributed by atoms with E-state index in [0.717, 1.165) is 30.2 Å². The molecule has 11 heteroatoms. The second-order valence-electron chi connectivity index (χ2n) is 8.34. The molecular formula is C24H37N5O6. The summed E-state index contributed by atoms with van der Waals surface area (Å²) in [4.78, 5) is 42.0. The monoisotopic (exact) mass is 491 g/mol. The number of nitrogens with one attached hydrogen (secondary N) is 3. The van der Waals surface area contributed by atoms with Crippen molar-refractivity contribution in [3.8, 4) is 0 Å². The van der Waals surface area contributed by atoms with Gasteiger partial charge in [0, 0.05) is 32.6 Å². The van der Waals surface area contributed by atoms with Crippen molar-refractivity contribution in [2.45, 2.75) is 71.3 Å². The summed E-state index contributed by atoms with van der Waals surface area (Å²) in [6.07, 6.45) is -0.551. The molecule has 0 aliphatic carbocycles. The maximum absolute atomic E-state index is 13.2. The van der Waals surface area contributed by atoms with Gasteiger partial charge in [-0.1, -0.05) is 24.3 Å². The number of amides is 1. The fourth-order valence-corrected chi connectivity index (χ4v) is 4.00. The number of carbonyl (C=O) groups is 3. The van der Waals surface area contributed by atoms with Crippen molar-refractivity contribution in [1.82, 2.24) is 20.9 Å². The maximum atomic E-state index is 13.2. The highest BCUT2D eigenvalue weighted by atomic mass is 16.7. The van der Waals surface area contributed by atoms with Gasteiger partial charge in [0.2, 0.25) is 5.91 Å². The number of carbonyl (C=O) groups excluding carboxylic acids is 1. The van der Waals surface area contributed by atoms with Crippen LogP contribution in [0.2, 0.25) is 0 Å². The molecule has 1 aliphatic heterocycles. The quantitative estimate of drug-likeness (QED) is 0.127. The van der Waals surface area contributed by atoms with Crippen molar-refractivity contribution >= 4 is 24.0 Å². The Bertz CT molecular complexity index is 885. The fourth-order valence-electron chi connectivity index (χ4n) is 4.00. The Morgan fingerprint density at radius 2 is 1.77 bits per heavy atom. The lowest BCUT2D eigenvalue weighted by atomic mass is 9.98. The van der Waals surface area contributed by atoms with Gasteiger partial charge in [-0.15, -0.1) is 0 Å². The van der Waals surface area contributed by atoms with Gasteiger partial charge in [0.25, 0.3) is 0 Å². The minimum Gasteiger partial charge on any atom is -0.480 e. The number of nitrogens with zero attached hydrogens (tertiary/aromatic N) is 2. The molecule has 0 spiro atoms. The van der Waals surface area contributed by atoms with Crippen molar-refractivity contribution in [1.29, 1.82) is 0 Å². The van der Waals surface area contributed by atoms with E-state index in [1.807, 2.05) is 38.1 Å². The van der Waals surface area contributed by atoms with Gasteiger partial charge in [-0.25, -0.2) is 4.79 Å². The number of benzene rings is 1. The Morgan fingerprint density at radius 3 is 2.37 bits per heavy atom. The first-order valence-electron chi connectivity index (χ1n) is 12.0. The molecule has 194 valence electrons. The van der Waals surface area contributed by atoms with Crippen LogP contribution < -0.4 is 16.0 Å². The van der Waals surface area contributed by atoms with Gasteiger partial charge in [-0.05, 0) is 51.2 Å². The van der Waals surface area contributed by atoms with Crippen LogP contribution in [0.5, 0.6) is 0 Å². The topological polar surface area (TPSA) is 153 Å². The second-order valence-corrected chi connectivity index (χ2v) is 8.34. The lowest BCUT2D eigenvalue weighted by molar-refractivity contribution is -0.147. The average Bonchev–Trinajstić information content (AvgIpc) is 2.81. The van der Waals surface area contributed by atoms with E-state index in [0.29, 0.717) is 25.8 Å². The van der Waals surface area contributed by atoms with E-state index in [2.05, 4.69) is 20.9 Å². The van der Waals surface area contributed by atoms with E-state index in [-0.39, 0.29) is 13.0 Å². The number of fused-ring (bicyclic) bond motifs is 1. The Morgan fingerprint density at radius 1 is 1.11 bits per heavy atom. The Kier molecular flexibility index (Phi) is 11.3. The first-order chi connectivity index (χ1) is 16.8. The van der Waals surface area contributed by atoms with E-state index in [4.69, 9.17) is 9.84 Å². The number of unbranched alkanes of at least 4 members (excludes halogenated alkanes) is 1. The maximum Gasteiger partial charge on any atom is 0.507 e. The molecule has 1 heterocycles. The summed E-state index contributed by atoms with van der Waals surface area (Å²) >= 11 is 0. The van der Waals surface area contributed by atoms with Crippen LogP contribution in [-0.2, 0) is 27.3 Å². The minimum atomic E-state index is -1.47. The molecule has 5 N–H and O–H groups in total. The summed E-state index contributed by atoms with van der Waals surface area (Å²) in [7, 11) is 0. The summed E-state index contributed by atoms with van der Waals surface area (Å²) in [5.74, 6) is -0.734. The third-order valence-electron chi connectivity index (χ3n) is 5.70. The zero-order chi connectivity index (χ0) is 25.8. The van der Waals surface area contributed by atoms with Crippen molar-refractivity contribution in [2.24, 2.45) is 4.99 Å². The van der Waals surface area contributed by atoms with E-state index < -0.39 is 36.3 Å². The summed E-state index contributed by atoms with van der Waals surface area (Å²) < 4.78 is 4.99. The van der Waals surface area contributed by atoms with Gasteiger partial charge in [0.1, 0.15) is 6.04 Å². The molecule has 0 unspecified atom stereocenters. The second kappa shape index (κ2) is 14.1. The zero-order valence-corrected chi connectivity index (χ0v) is 20.6. The highest BCUT2D eigenvalue weighted by Gasteiger charge is 2.35. The van der Waals surface area contributed by atoms with Crippen LogP contribution in [0.4, 0.5) is 4.79 Å². The van der Waals surface area contributed by atoms with E-state index in [1.54, 1.807) is 6.92 Å². The summed E-state index contributed by atoms with van der Waals surface area (Å²) in [5.41, 5.74) is 1.82. The van der Waals surface area contributed by atoms with E-state index in [9.17, 15) is 19.5 Å². The van der Waals surface area contributed by atoms with Crippen molar-refractivity contribution in [3.05, 3.63) is 35.4 Å². The third kappa shape index (κ3) is 8.75. The number of guanidine groups is 1. The fraction of sp³-hybridized carbons (Fsp3) is 0.583. The Balaban J connectivity index is 1.96. The summed E-state index contributed by atoms with van der Waals surface area (Å²) in [5, 5.41) is 28.0. The highest BCUT2D eigenvalue weighted by molar-refractivity contribution is 5.83. The van der Waals surface area contributed by atoms with Crippen LogP contribution >= 0.6 is 0 Å². The number of hydrogen-bond donors (Lipinski definition) is 5. The number of hydrogen-bond acceptors (Lipinski definition) is 6. The Hall–Kier alpha value is -3.34. The molecule has 1 aromatic rings.